The van der Waals surface area contributed by atoms with Gasteiger partial charge in [0.05, 0.1) is 18.7 Å². The number of aliphatic carboxylic acids is 1. The maximum atomic E-state index is 12.4. The fourth-order valence-electron chi connectivity index (χ4n) is 2.84. The average molecular weight is 335 g/mol. The molecule has 8 heteroatoms. The van der Waals surface area contributed by atoms with Crippen LogP contribution in [0.15, 0.2) is 18.2 Å². The van der Waals surface area contributed by atoms with Crippen LogP contribution in [0.1, 0.15) is 23.7 Å². The number of carboxylic acid groups (broad SMARTS) is 1. The molecule has 1 fully saturated rings. The minimum absolute atomic E-state index is 0.102. The summed E-state index contributed by atoms with van der Waals surface area (Å²) in [6.45, 7) is 2.56. The number of methoxy groups -OCH3 is 1. The van der Waals surface area contributed by atoms with Gasteiger partial charge in [-0.05, 0) is 30.5 Å². The van der Waals surface area contributed by atoms with Crippen LogP contribution in [0.4, 0.5) is 10.5 Å². The number of urea groups is 1. The van der Waals surface area contributed by atoms with Gasteiger partial charge in [0.1, 0.15) is 5.75 Å². The molecule has 1 aliphatic heterocycles. The molecule has 0 saturated carbocycles. The molecule has 0 aromatic heterocycles. The number of likely N-dealkylation sites (tertiary alicyclic amines) is 1. The first-order valence-corrected chi connectivity index (χ1v) is 7.58. The molecule has 1 aromatic carbocycles. The van der Waals surface area contributed by atoms with Crippen molar-refractivity contribution in [2.75, 3.05) is 25.5 Å². The molecular weight excluding hydrogens is 314 g/mol. The number of hydrogen-bond acceptors (Lipinski definition) is 4. The zero-order valence-corrected chi connectivity index (χ0v) is 13.6. The molecule has 0 bridgehead atoms. The Kier molecular flexibility index (Phi) is 5.28. The third-order valence-electron chi connectivity index (χ3n) is 4.02. The van der Waals surface area contributed by atoms with Crippen molar-refractivity contribution in [3.05, 3.63) is 23.8 Å². The summed E-state index contributed by atoms with van der Waals surface area (Å²) in [5, 5.41) is 11.9. The highest BCUT2D eigenvalue weighted by atomic mass is 16.5. The van der Waals surface area contributed by atoms with Crippen molar-refractivity contribution >= 4 is 23.6 Å². The maximum Gasteiger partial charge on any atom is 0.321 e. The van der Waals surface area contributed by atoms with Gasteiger partial charge >= 0.3 is 12.0 Å². The maximum absolute atomic E-state index is 12.4. The second-order valence-corrected chi connectivity index (χ2v) is 5.99. The number of rotatable bonds is 4. The van der Waals surface area contributed by atoms with Gasteiger partial charge in [0.15, 0.2) is 0 Å². The van der Waals surface area contributed by atoms with E-state index in [-0.39, 0.29) is 18.0 Å². The van der Waals surface area contributed by atoms with E-state index >= 15 is 0 Å². The highest BCUT2D eigenvalue weighted by molar-refractivity contribution is 5.96. The van der Waals surface area contributed by atoms with Crippen LogP contribution in [-0.2, 0) is 4.79 Å². The van der Waals surface area contributed by atoms with E-state index in [2.05, 4.69) is 5.32 Å². The first-order chi connectivity index (χ1) is 11.3. The molecule has 2 atom stereocenters. The summed E-state index contributed by atoms with van der Waals surface area (Å²) in [4.78, 5) is 36.3. The van der Waals surface area contributed by atoms with Crippen molar-refractivity contribution in [1.82, 2.24) is 4.90 Å². The van der Waals surface area contributed by atoms with E-state index in [4.69, 9.17) is 10.5 Å². The molecule has 24 heavy (non-hydrogen) atoms. The second kappa shape index (κ2) is 7.20. The van der Waals surface area contributed by atoms with Gasteiger partial charge in [0.2, 0.25) is 5.91 Å². The van der Waals surface area contributed by atoms with E-state index < -0.39 is 23.8 Å². The van der Waals surface area contributed by atoms with Crippen LogP contribution in [-0.4, -0.2) is 48.1 Å². The number of anilines is 1. The number of amides is 3. The number of nitrogens with zero attached hydrogens (tertiary/aromatic N) is 1. The van der Waals surface area contributed by atoms with E-state index in [1.54, 1.807) is 0 Å². The fourth-order valence-corrected chi connectivity index (χ4v) is 2.84. The lowest BCUT2D eigenvalue weighted by atomic mass is 9.91. The smallest absolute Gasteiger partial charge is 0.321 e. The van der Waals surface area contributed by atoms with Crippen molar-refractivity contribution < 1.29 is 24.2 Å². The van der Waals surface area contributed by atoms with Crippen molar-refractivity contribution in [3.63, 3.8) is 0 Å². The lowest BCUT2D eigenvalue weighted by Crippen LogP contribution is -2.47. The highest BCUT2D eigenvalue weighted by Gasteiger charge is 2.32. The summed E-state index contributed by atoms with van der Waals surface area (Å²) in [5.41, 5.74) is 5.87. The molecule has 8 nitrogen and oxygen atoms in total. The third-order valence-corrected chi connectivity index (χ3v) is 4.02. The summed E-state index contributed by atoms with van der Waals surface area (Å²) in [7, 11) is 1.42. The molecule has 130 valence electrons. The third kappa shape index (κ3) is 3.95. The van der Waals surface area contributed by atoms with Crippen LogP contribution in [0.5, 0.6) is 5.75 Å². The Morgan fingerprint density at radius 3 is 2.62 bits per heavy atom. The molecule has 0 aliphatic carbocycles. The Bertz CT molecular complexity index is 661. The molecule has 2 unspecified atom stereocenters. The minimum Gasteiger partial charge on any atom is -0.495 e. The fraction of sp³-hybridized carbons (Fsp3) is 0.438. The Morgan fingerprint density at radius 1 is 1.33 bits per heavy atom. The van der Waals surface area contributed by atoms with E-state index in [9.17, 15) is 19.5 Å². The number of piperidine rings is 1. The van der Waals surface area contributed by atoms with Crippen LogP contribution >= 0.6 is 0 Å². The van der Waals surface area contributed by atoms with Crippen LogP contribution in [0.3, 0.4) is 0 Å². The summed E-state index contributed by atoms with van der Waals surface area (Å²) in [6, 6.07) is 4.05. The Balaban J connectivity index is 2.14. The number of carboxylic acids is 1. The zero-order valence-electron chi connectivity index (χ0n) is 13.6. The monoisotopic (exact) mass is 335 g/mol. The summed E-state index contributed by atoms with van der Waals surface area (Å²) in [6.07, 6.45) is 0.551. The number of benzene rings is 1. The largest absolute Gasteiger partial charge is 0.495 e. The molecule has 0 spiro atoms. The predicted molar refractivity (Wildman–Crippen MR) is 87.0 cm³/mol. The predicted octanol–water partition coefficient (Wildman–Crippen LogP) is 1.37. The number of nitrogens with two attached hydrogens (primary N) is 1. The molecule has 2 rings (SSSR count). The molecule has 3 amide bonds. The Labute approximate surface area is 139 Å². The number of ether oxygens (including phenoxy) is 1. The first kappa shape index (κ1) is 17.6. The highest BCUT2D eigenvalue weighted by Crippen LogP contribution is 2.27. The standard InChI is InChI=1S/C16H21N3O5/c1-9-5-11(15(21)22)8-19(7-9)16(23)18-12-4-3-10(14(17)20)6-13(12)24-2/h3-4,6,9,11H,5,7-8H2,1-2H3,(H2,17,20)(H,18,23)(H,21,22). The number of carbonyl (C=O) groups is 3. The Morgan fingerprint density at radius 2 is 2.04 bits per heavy atom. The van der Waals surface area contributed by atoms with Crippen molar-refractivity contribution in [2.45, 2.75) is 13.3 Å². The number of carbonyl (C=O) groups excluding carboxylic acids is 2. The van der Waals surface area contributed by atoms with Gasteiger partial charge in [0, 0.05) is 18.7 Å². The van der Waals surface area contributed by atoms with Crippen LogP contribution in [0.25, 0.3) is 0 Å². The van der Waals surface area contributed by atoms with Gasteiger partial charge in [-0.15, -0.1) is 0 Å². The van der Waals surface area contributed by atoms with Crippen LogP contribution in [0.2, 0.25) is 0 Å². The van der Waals surface area contributed by atoms with Gasteiger partial charge in [-0.1, -0.05) is 6.92 Å². The SMILES string of the molecule is COc1cc(C(N)=O)ccc1NC(=O)N1CC(C)CC(C(=O)O)C1. The minimum atomic E-state index is -0.900. The number of hydrogen-bond donors (Lipinski definition) is 3. The van der Waals surface area contributed by atoms with E-state index in [0.29, 0.717) is 24.4 Å². The van der Waals surface area contributed by atoms with Crippen LogP contribution < -0.4 is 15.8 Å². The molecule has 1 aliphatic rings. The summed E-state index contributed by atoms with van der Waals surface area (Å²) < 4.78 is 5.17. The average Bonchev–Trinajstić information content (AvgIpc) is 2.54. The number of primary amides is 1. The summed E-state index contributed by atoms with van der Waals surface area (Å²) >= 11 is 0. The van der Waals surface area contributed by atoms with Crippen molar-refractivity contribution in [2.24, 2.45) is 17.6 Å². The lowest BCUT2D eigenvalue weighted by molar-refractivity contribution is -0.143. The zero-order chi connectivity index (χ0) is 17.9. The molecular formula is C16H21N3O5. The van der Waals surface area contributed by atoms with E-state index in [1.165, 1.54) is 30.2 Å². The number of nitrogens with one attached hydrogen (secondary N) is 1. The molecule has 1 aromatic rings. The van der Waals surface area contributed by atoms with Crippen LogP contribution in [0, 0.1) is 11.8 Å². The second-order valence-electron chi connectivity index (χ2n) is 5.99. The van der Waals surface area contributed by atoms with Gasteiger partial charge in [-0.25, -0.2) is 4.79 Å². The molecule has 1 heterocycles. The van der Waals surface area contributed by atoms with E-state index in [1.807, 2.05) is 6.92 Å². The van der Waals surface area contributed by atoms with Gasteiger partial charge < -0.3 is 25.8 Å². The first-order valence-electron chi connectivity index (χ1n) is 7.58. The topological polar surface area (TPSA) is 122 Å². The van der Waals surface area contributed by atoms with Gasteiger partial charge in [-0.2, -0.15) is 0 Å². The van der Waals surface area contributed by atoms with E-state index in [0.717, 1.165) is 0 Å². The lowest BCUT2D eigenvalue weighted by Gasteiger charge is -2.34. The van der Waals surface area contributed by atoms with Gasteiger partial charge in [-0.3, -0.25) is 9.59 Å². The van der Waals surface area contributed by atoms with Crippen molar-refractivity contribution in [1.29, 1.82) is 0 Å². The Hall–Kier alpha value is -2.77. The quantitative estimate of drug-likeness (QED) is 0.767. The summed E-state index contributed by atoms with van der Waals surface area (Å²) in [5.74, 6) is -1.66. The molecule has 1 saturated heterocycles. The normalized spacial score (nSPS) is 20.3. The molecule has 0 radical (unpaired) electrons. The molecule has 4 N–H and O–H groups in total. The van der Waals surface area contributed by atoms with Gasteiger partial charge in [0.25, 0.3) is 0 Å². The van der Waals surface area contributed by atoms with Crippen molar-refractivity contribution in [3.8, 4) is 5.75 Å².